The van der Waals surface area contributed by atoms with Crippen LogP contribution in [0.3, 0.4) is 0 Å². The van der Waals surface area contributed by atoms with Crippen molar-refractivity contribution in [1.29, 1.82) is 0 Å². The van der Waals surface area contributed by atoms with Crippen molar-refractivity contribution in [1.82, 2.24) is 4.98 Å². The maximum atomic E-state index is 4.33. The quantitative estimate of drug-likeness (QED) is 0.828. The van der Waals surface area contributed by atoms with Crippen LogP contribution in [0.1, 0.15) is 25.1 Å². The molecule has 0 spiro atoms. The van der Waals surface area contributed by atoms with E-state index < -0.39 is 0 Å². The summed E-state index contributed by atoms with van der Waals surface area (Å²) < 4.78 is 0. The van der Waals surface area contributed by atoms with E-state index in [1.807, 2.05) is 12.4 Å². The van der Waals surface area contributed by atoms with Gasteiger partial charge in [-0.3, -0.25) is 4.98 Å². The maximum absolute atomic E-state index is 4.33. The number of rotatable bonds is 7. The minimum absolute atomic E-state index is 0.951. The molecule has 0 aliphatic carbocycles. The summed E-state index contributed by atoms with van der Waals surface area (Å²) >= 11 is 1.80. The predicted octanol–water partition coefficient (Wildman–Crippen LogP) is 3.99. The fraction of sp³-hybridized carbons (Fsp3) is 0.400. The molecule has 0 radical (unpaired) electrons. The number of hydrogen-bond donors (Lipinski definition) is 1. The molecule has 0 aliphatic heterocycles. The highest BCUT2D eigenvalue weighted by Gasteiger charge is 2.07. The van der Waals surface area contributed by atoms with Crippen molar-refractivity contribution in [3.63, 3.8) is 0 Å². The molecule has 2 aromatic rings. The van der Waals surface area contributed by atoms with E-state index in [4.69, 9.17) is 0 Å². The summed E-state index contributed by atoms with van der Waals surface area (Å²) in [5.74, 6) is 0. The van der Waals surface area contributed by atoms with E-state index in [2.05, 4.69) is 52.6 Å². The van der Waals surface area contributed by atoms with Crippen LogP contribution in [-0.2, 0) is 6.54 Å². The number of hydrogen-bond acceptors (Lipinski definition) is 4. The van der Waals surface area contributed by atoms with Gasteiger partial charge in [-0.1, -0.05) is 13.0 Å². The standard InChI is InChI=1S/C15H21N3S/c1-3-7-17-13-9-14(11-16-10-13)18(4-2)12-15-6-5-8-19-15/h5-6,8-11,17H,3-4,7,12H2,1-2H3. The Kier molecular flexibility index (Phi) is 5.21. The first-order valence-electron chi connectivity index (χ1n) is 6.79. The van der Waals surface area contributed by atoms with Crippen molar-refractivity contribution in [2.24, 2.45) is 0 Å². The lowest BCUT2D eigenvalue weighted by Crippen LogP contribution is -2.21. The van der Waals surface area contributed by atoms with Gasteiger partial charge in [-0.25, -0.2) is 0 Å². The highest BCUT2D eigenvalue weighted by atomic mass is 32.1. The average Bonchev–Trinajstić information content (AvgIpc) is 2.96. The topological polar surface area (TPSA) is 28.2 Å². The lowest BCUT2D eigenvalue weighted by molar-refractivity contribution is 0.839. The highest BCUT2D eigenvalue weighted by Crippen LogP contribution is 2.21. The first-order valence-corrected chi connectivity index (χ1v) is 7.67. The van der Waals surface area contributed by atoms with Gasteiger partial charge >= 0.3 is 0 Å². The minimum Gasteiger partial charge on any atom is -0.384 e. The summed E-state index contributed by atoms with van der Waals surface area (Å²) in [6.07, 6.45) is 4.95. The highest BCUT2D eigenvalue weighted by molar-refractivity contribution is 7.09. The van der Waals surface area contributed by atoms with Gasteiger partial charge in [0.05, 0.1) is 30.3 Å². The third kappa shape index (κ3) is 3.96. The Bertz CT molecular complexity index is 482. The number of aromatic nitrogens is 1. The van der Waals surface area contributed by atoms with Gasteiger partial charge in [-0.2, -0.15) is 0 Å². The van der Waals surface area contributed by atoms with Crippen molar-refractivity contribution >= 4 is 22.7 Å². The summed E-state index contributed by atoms with van der Waals surface area (Å²) in [4.78, 5) is 8.06. The molecule has 0 aliphatic rings. The van der Waals surface area contributed by atoms with Gasteiger partial charge < -0.3 is 10.2 Å². The first-order chi connectivity index (χ1) is 9.33. The number of pyridine rings is 1. The Hall–Kier alpha value is -1.55. The van der Waals surface area contributed by atoms with Gasteiger partial charge in [0, 0.05) is 18.0 Å². The van der Waals surface area contributed by atoms with Gasteiger partial charge in [0.2, 0.25) is 0 Å². The molecule has 19 heavy (non-hydrogen) atoms. The largest absolute Gasteiger partial charge is 0.384 e. The Morgan fingerprint density at radius 3 is 2.89 bits per heavy atom. The third-order valence-electron chi connectivity index (χ3n) is 2.98. The summed E-state index contributed by atoms with van der Waals surface area (Å²) in [6.45, 7) is 7.27. The van der Waals surface area contributed by atoms with Crippen LogP contribution in [0, 0.1) is 0 Å². The molecule has 2 aromatic heterocycles. The molecule has 2 heterocycles. The molecule has 0 aromatic carbocycles. The molecule has 0 saturated carbocycles. The summed E-state index contributed by atoms with van der Waals surface area (Å²) in [5.41, 5.74) is 2.28. The van der Waals surface area contributed by atoms with Crippen LogP contribution in [-0.4, -0.2) is 18.1 Å². The molecule has 0 fully saturated rings. The predicted molar refractivity (Wildman–Crippen MR) is 84.1 cm³/mol. The van der Waals surface area contributed by atoms with Gasteiger partial charge in [0.15, 0.2) is 0 Å². The third-order valence-corrected chi connectivity index (χ3v) is 3.84. The molecule has 2 rings (SSSR count). The fourth-order valence-electron chi connectivity index (χ4n) is 1.94. The minimum atomic E-state index is 0.951. The van der Waals surface area contributed by atoms with Crippen LogP contribution in [0.5, 0.6) is 0 Å². The lowest BCUT2D eigenvalue weighted by Gasteiger charge is -2.22. The van der Waals surface area contributed by atoms with E-state index in [1.165, 1.54) is 10.6 Å². The van der Waals surface area contributed by atoms with Crippen LogP contribution >= 0.6 is 11.3 Å². The Balaban J connectivity index is 2.09. The van der Waals surface area contributed by atoms with E-state index in [9.17, 15) is 0 Å². The molecule has 0 saturated heterocycles. The van der Waals surface area contributed by atoms with Crippen LogP contribution < -0.4 is 10.2 Å². The molecule has 3 nitrogen and oxygen atoms in total. The zero-order valence-corrected chi connectivity index (χ0v) is 12.4. The molecule has 0 unspecified atom stereocenters. The van der Waals surface area contributed by atoms with E-state index in [-0.39, 0.29) is 0 Å². The van der Waals surface area contributed by atoms with Crippen molar-refractivity contribution in [2.75, 3.05) is 23.3 Å². The smallest absolute Gasteiger partial charge is 0.0576 e. The lowest BCUT2D eigenvalue weighted by atomic mass is 10.3. The van der Waals surface area contributed by atoms with E-state index >= 15 is 0 Å². The van der Waals surface area contributed by atoms with Crippen molar-refractivity contribution in [2.45, 2.75) is 26.8 Å². The molecule has 0 amide bonds. The molecule has 0 atom stereocenters. The number of nitrogens with zero attached hydrogens (tertiary/aromatic N) is 2. The van der Waals surface area contributed by atoms with Gasteiger partial charge in [0.1, 0.15) is 0 Å². The normalized spacial score (nSPS) is 10.4. The molecule has 102 valence electrons. The van der Waals surface area contributed by atoms with E-state index in [0.29, 0.717) is 0 Å². The molecule has 0 bridgehead atoms. The molecule has 4 heteroatoms. The summed E-state index contributed by atoms with van der Waals surface area (Å²) in [5, 5.41) is 5.51. The number of thiophene rings is 1. The second-order valence-corrected chi connectivity index (χ2v) is 5.48. The van der Waals surface area contributed by atoms with Crippen LogP contribution in [0.25, 0.3) is 0 Å². The number of anilines is 2. The monoisotopic (exact) mass is 275 g/mol. The second kappa shape index (κ2) is 7.14. The number of nitrogens with one attached hydrogen (secondary N) is 1. The zero-order valence-electron chi connectivity index (χ0n) is 11.6. The molecular formula is C15H21N3S. The summed E-state index contributed by atoms with van der Waals surface area (Å²) in [6, 6.07) is 6.46. The van der Waals surface area contributed by atoms with E-state index in [1.54, 1.807) is 11.3 Å². The fourth-order valence-corrected chi connectivity index (χ4v) is 2.66. The van der Waals surface area contributed by atoms with Gasteiger partial charge in [-0.05, 0) is 30.9 Å². The van der Waals surface area contributed by atoms with Gasteiger partial charge in [-0.15, -0.1) is 11.3 Å². The SMILES string of the molecule is CCCNc1cncc(N(CC)Cc2cccs2)c1. The zero-order chi connectivity index (χ0) is 13.5. The van der Waals surface area contributed by atoms with Crippen molar-refractivity contribution < 1.29 is 0 Å². The van der Waals surface area contributed by atoms with Crippen LogP contribution in [0.2, 0.25) is 0 Å². The second-order valence-electron chi connectivity index (χ2n) is 4.45. The maximum Gasteiger partial charge on any atom is 0.0576 e. The Morgan fingerprint density at radius 1 is 1.32 bits per heavy atom. The van der Waals surface area contributed by atoms with Crippen molar-refractivity contribution in [3.05, 3.63) is 40.8 Å². The molecular weight excluding hydrogens is 254 g/mol. The Labute approximate surface area is 119 Å². The van der Waals surface area contributed by atoms with Gasteiger partial charge in [0.25, 0.3) is 0 Å². The summed E-state index contributed by atoms with van der Waals surface area (Å²) in [7, 11) is 0. The average molecular weight is 275 g/mol. The van der Waals surface area contributed by atoms with E-state index in [0.717, 1.165) is 31.7 Å². The van der Waals surface area contributed by atoms with Crippen molar-refractivity contribution in [3.8, 4) is 0 Å². The Morgan fingerprint density at radius 2 is 2.21 bits per heavy atom. The first kappa shape index (κ1) is 13.9. The van der Waals surface area contributed by atoms with Crippen LogP contribution in [0.15, 0.2) is 36.0 Å². The van der Waals surface area contributed by atoms with Crippen LogP contribution in [0.4, 0.5) is 11.4 Å². The molecule has 1 N–H and O–H groups in total.